The molecule has 10 aromatic rings. The van der Waals surface area contributed by atoms with Crippen molar-refractivity contribution in [1.29, 1.82) is 0 Å². The van der Waals surface area contributed by atoms with Crippen molar-refractivity contribution in [3.8, 4) is 22.3 Å². The standard InChI is InChI=1S/C46H29NOS/c1-3-14-30(15-4-1)32-28-29-40(35-19-8-7-18-34(32)35)47(42-26-13-24-39-36-20-9-10-27-43(36)49-46(39)42)41-25-12-23-38-37-22-11-21-33(44(37)48-45(38)41)31-16-5-2-6-17-31/h1-29H. The molecule has 3 heteroatoms. The van der Waals surface area contributed by atoms with Crippen LogP contribution in [0.25, 0.3) is 75.1 Å². The lowest BCUT2D eigenvalue weighted by Crippen LogP contribution is -2.11. The van der Waals surface area contributed by atoms with Gasteiger partial charge in [-0.3, -0.25) is 0 Å². The van der Waals surface area contributed by atoms with Crippen molar-refractivity contribution >= 4 is 81.3 Å². The molecule has 0 atom stereocenters. The minimum atomic E-state index is 0.871. The van der Waals surface area contributed by atoms with E-state index in [0.717, 1.165) is 50.1 Å². The smallest absolute Gasteiger partial charge is 0.159 e. The van der Waals surface area contributed by atoms with Gasteiger partial charge in [0, 0.05) is 37.2 Å². The van der Waals surface area contributed by atoms with Crippen molar-refractivity contribution < 1.29 is 4.42 Å². The molecule has 0 bridgehead atoms. The molecule has 2 aromatic heterocycles. The summed E-state index contributed by atoms with van der Waals surface area (Å²) < 4.78 is 9.56. The maximum Gasteiger partial charge on any atom is 0.159 e. The van der Waals surface area contributed by atoms with Crippen molar-refractivity contribution in [2.45, 2.75) is 0 Å². The predicted molar refractivity (Wildman–Crippen MR) is 210 cm³/mol. The Labute approximate surface area is 287 Å². The minimum absolute atomic E-state index is 0.871. The van der Waals surface area contributed by atoms with Gasteiger partial charge in [0.25, 0.3) is 0 Å². The van der Waals surface area contributed by atoms with Gasteiger partial charge < -0.3 is 9.32 Å². The maximum atomic E-state index is 7.03. The molecule has 0 fully saturated rings. The highest BCUT2D eigenvalue weighted by Gasteiger charge is 2.25. The van der Waals surface area contributed by atoms with Crippen LogP contribution in [0, 0.1) is 0 Å². The molecule has 2 nitrogen and oxygen atoms in total. The fraction of sp³-hybridized carbons (Fsp3) is 0. The number of rotatable bonds is 5. The van der Waals surface area contributed by atoms with Crippen molar-refractivity contribution in [2.75, 3.05) is 4.90 Å². The quantitative estimate of drug-likeness (QED) is 0.186. The van der Waals surface area contributed by atoms with Crippen LogP contribution in [0.5, 0.6) is 0 Å². The van der Waals surface area contributed by atoms with E-state index in [4.69, 9.17) is 4.42 Å². The van der Waals surface area contributed by atoms with Crippen LogP contribution in [0.1, 0.15) is 0 Å². The summed E-state index contributed by atoms with van der Waals surface area (Å²) in [6.07, 6.45) is 0. The number of nitrogens with zero attached hydrogens (tertiary/aromatic N) is 1. The molecule has 10 rings (SSSR count). The molecule has 0 aliphatic rings. The number of furan rings is 1. The molecule has 0 spiro atoms. The predicted octanol–water partition coefficient (Wildman–Crippen LogP) is 13.9. The van der Waals surface area contributed by atoms with Crippen LogP contribution < -0.4 is 4.90 Å². The molecule has 0 N–H and O–H groups in total. The Balaban J connectivity index is 1.30. The van der Waals surface area contributed by atoms with Crippen LogP contribution in [0.2, 0.25) is 0 Å². The minimum Gasteiger partial charge on any atom is -0.453 e. The Morgan fingerprint density at radius 3 is 1.69 bits per heavy atom. The third-order valence-corrected chi connectivity index (χ3v) is 10.9. The summed E-state index contributed by atoms with van der Waals surface area (Å²) in [5.41, 5.74) is 9.68. The largest absolute Gasteiger partial charge is 0.453 e. The average molecular weight is 644 g/mol. The summed E-state index contributed by atoms with van der Waals surface area (Å²) in [4.78, 5) is 2.43. The van der Waals surface area contributed by atoms with Crippen LogP contribution in [0.3, 0.4) is 0 Å². The van der Waals surface area contributed by atoms with Crippen LogP contribution in [0.4, 0.5) is 17.1 Å². The molecule has 0 unspecified atom stereocenters. The zero-order valence-electron chi connectivity index (χ0n) is 26.5. The second-order valence-electron chi connectivity index (χ2n) is 12.4. The van der Waals surface area contributed by atoms with E-state index in [1.165, 1.54) is 42.1 Å². The van der Waals surface area contributed by atoms with Gasteiger partial charge in [0.05, 0.1) is 21.8 Å². The van der Waals surface area contributed by atoms with Gasteiger partial charge in [0.15, 0.2) is 5.58 Å². The Hall–Kier alpha value is -6.16. The van der Waals surface area contributed by atoms with Gasteiger partial charge in [-0.15, -0.1) is 11.3 Å². The molecular formula is C46H29NOS. The van der Waals surface area contributed by atoms with Crippen LogP contribution >= 0.6 is 11.3 Å². The highest BCUT2D eigenvalue weighted by atomic mass is 32.1. The SMILES string of the molecule is c1ccc(-c2ccc(N(c3cccc4c3oc3c(-c5ccccc5)cccc34)c3cccc4c3sc3ccccc34)c3ccccc23)cc1. The number of fused-ring (bicyclic) bond motifs is 7. The normalized spacial score (nSPS) is 11.7. The fourth-order valence-electron chi connectivity index (χ4n) is 7.47. The van der Waals surface area contributed by atoms with Gasteiger partial charge in [-0.25, -0.2) is 0 Å². The van der Waals surface area contributed by atoms with E-state index in [1.54, 1.807) is 0 Å². The Morgan fingerprint density at radius 1 is 0.347 bits per heavy atom. The lowest BCUT2D eigenvalue weighted by molar-refractivity contribution is 0.670. The zero-order valence-corrected chi connectivity index (χ0v) is 27.3. The molecular weight excluding hydrogens is 615 g/mol. The first kappa shape index (κ1) is 27.9. The monoisotopic (exact) mass is 643 g/mol. The van der Waals surface area contributed by atoms with Gasteiger partial charge in [-0.2, -0.15) is 0 Å². The number of benzene rings is 8. The first-order chi connectivity index (χ1) is 24.3. The highest BCUT2D eigenvalue weighted by molar-refractivity contribution is 7.26. The van der Waals surface area contributed by atoms with Gasteiger partial charge in [0.2, 0.25) is 0 Å². The molecule has 0 aliphatic carbocycles. The number of hydrogen-bond acceptors (Lipinski definition) is 3. The fourth-order valence-corrected chi connectivity index (χ4v) is 8.68. The van der Waals surface area contributed by atoms with E-state index in [1.807, 2.05) is 11.3 Å². The Bertz CT molecular complexity index is 2830. The molecule has 8 aromatic carbocycles. The first-order valence-corrected chi connectivity index (χ1v) is 17.4. The van der Waals surface area contributed by atoms with E-state index in [0.29, 0.717) is 0 Å². The van der Waals surface area contributed by atoms with Gasteiger partial charge in [-0.1, -0.05) is 152 Å². The first-order valence-electron chi connectivity index (χ1n) is 16.6. The zero-order chi connectivity index (χ0) is 32.3. The van der Waals surface area contributed by atoms with Crippen LogP contribution in [0.15, 0.2) is 180 Å². The van der Waals surface area contributed by atoms with Gasteiger partial charge in [0.1, 0.15) is 5.58 Å². The number of anilines is 3. The average Bonchev–Trinajstić information content (AvgIpc) is 3.75. The molecule has 0 amide bonds. The van der Waals surface area contributed by atoms with Gasteiger partial charge >= 0.3 is 0 Å². The molecule has 0 saturated carbocycles. The second-order valence-corrected chi connectivity index (χ2v) is 13.5. The molecule has 0 aliphatic heterocycles. The summed E-state index contributed by atoms with van der Waals surface area (Å²) >= 11 is 1.85. The Kier molecular flexibility index (Phi) is 6.39. The summed E-state index contributed by atoms with van der Waals surface area (Å²) in [5, 5.41) is 7.15. The van der Waals surface area contributed by atoms with Crippen LogP contribution in [-0.2, 0) is 0 Å². The lowest BCUT2D eigenvalue weighted by Gasteiger charge is -2.28. The van der Waals surface area contributed by atoms with E-state index in [-0.39, 0.29) is 0 Å². The number of hydrogen-bond donors (Lipinski definition) is 0. The van der Waals surface area contributed by atoms with E-state index < -0.39 is 0 Å². The maximum absolute atomic E-state index is 7.03. The van der Waals surface area contributed by atoms with E-state index in [2.05, 4.69) is 181 Å². The van der Waals surface area contributed by atoms with Crippen molar-refractivity contribution in [2.24, 2.45) is 0 Å². The lowest BCUT2D eigenvalue weighted by atomic mass is 9.96. The highest BCUT2D eigenvalue weighted by Crippen LogP contribution is 2.50. The number of para-hydroxylation sites is 2. The third-order valence-electron chi connectivity index (χ3n) is 9.68. The summed E-state index contributed by atoms with van der Waals surface area (Å²) in [5.74, 6) is 0. The summed E-state index contributed by atoms with van der Waals surface area (Å²) in [6, 6.07) is 63.0. The number of thiophene rings is 1. The molecule has 2 heterocycles. The topological polar surface area (TPSA) is 16.4 Å². The molecule has 230 valence electrons. The van der Waals surface area contributed by atoms with Crippen LogP contribution in [-0.4, -0.2) is 0 Å². The Morgan fingerprint density at radius 2 is 0.918 bits per heavy atom. The molecule has 49 heavy (non-hydrogen) atoms. The second kappa shape index (κ2) is 11.2. The van der Waals surface area contributed by atoms with Crippen molar-refractivity contribution in [3.05, 3.63) is 176 Å². The van der Waals surface area contributed by atoms with Crippen molar-refractivity contribution in [3.63, 3.8) is 0 Å². The summed E-state index contributed by atoms with van der Waals surface area (Å²) in [6.45, 7) is 0. The molecule has 0 radical (unpaired) electrons. The molecule has 0 saturated heterocycles. The third kappa shape index (κ3) is 4.40. The van der Waals surface area contributed by atoms with E-state index in [9.17, 15) is 0 Å². The van der Waals surface area contributed by atoms with Crippen molar-refractivity contribution in [1.82, 2.24) is 0 Å². The van der Waals surface area contributed by atoms with E-state index >= 15 is 0 Å². The summed E-state index contributed by atoms with van der Waals surface area (Å²) in [7, 11) is 0. The van der Waals surface area contributed by atoms with Gasteiger partial charge in [-0.05, 0) is 46.3 Å².